The van der Waals surface area contributed by atoms with Crippen molar-refractivity contribution < 1.29 is 23.4 Å². The zero-order valence-corrected chi connectivity index (χ0v) is 29.5. The summed E-state index contributed by atoms with van der Waals surface area (Å²) in [5, 5.41) is 0. The van der Waals surface area contributed by atoms with Gasteiger partial charge in [-0.15, -0.1) is 0 Å². The van der Waals surface area contributed by atoms with Crippen LogP contribution in [0.4, 0.5) is 4.39 Å². The van der Waals surface area contributed by atoms with Gasteiger partial charge in [-0.25, -0.2) is 9.37 Å². The molecular formula is C43H44FN3O4. The van der Waals surface area contributed by atoms with E-state index in [1.165, 1.54) is 28.8 Å². The maximum Gasteiger partial charge on any atom is 0.246 e. The fourth-order valence-electron chi connectivity index (χ4n) is 6.00. The third kappa shape index (κ3) is 10.3. The molecule has 1 aliphatic heterocycles. The number of carbonyl (C=O) groups excluding carboxylic acids is 1. The second-order valence-corrected chi connectivity index (χ2v) is 13.0. The first-order chi connectivity index (χ1) is 24.8. The monoisotopic (exact) mass is 685 g/mol. The number of piperazine rings is 1. The van der Waals surface area contributed by atoms with Gasteiger partial charge >= 0.3 is 0 Å². The number of hydrogen-bond donors (Lipinski definition) is 0. The molecule has 1 aromatic heterocycles. The predicted octanol–water partition coefficient (Wildman–Crippen LogP) is 8.50. The van der Waals surface area contributed by atoms with Crippen LogP contribution in [0, 0.1) is 26.6 Å². The summed E-state index contributed by atoms with van der Waals surface area (Å²) in [4.78, 5) is 21.8. The van der Waals surface area contributed by atoms with E-state index in [-0.39, 0.29) is 11.7 Å². The Labute approximate surface area is 299 Å². The first-order valence-corrected chi connectivity index (χ1v) is 17.4. The lowest BCUT2D eigenvalue weighted by atomic mass is 10.1. The smallest absolute Gasteiger partial charge is 0.246 e. The molecule has 1 amide bonds. The number of carbonyl (C=O) groups is 1. The standard InChI is InChI=1S/C43H44FN3O4/c1-31-4-6-36(7-5-31)30-50-40-17-18-41(45-28-40)51-43-32(2)26-37(27-33(43)3)12-19-42(48)47-23-21-46(22-24-47)29-35-10-8-34(9-11-35)20-25-49-39-15-13-38(44)14-16-39/h4-19,26-28H,20-25,29-30H2,1-3H3. The topological polar surface area (TPSA) is 64.1 Å². The molecule has 0 bridgehead atoms. The highest BCUT2D eigenvalue weighted by Crippen LogP contribution is 2.30. The van der Waals surface area contributed by atoms with Crippen LogP contribution < -0.4 is 14.2 Å². The van der Waals surface area contributed by atoms with Gasteiger partial charge in [0.2, 0.25) is 11.8 Å². The molecule has 8 heteroatoms. The Hall–Kier alpha value is -5.47. The van der Waals surface area contributed by atoms with Crippen molar-refractivity contribution in [2.24, 2.45) is 0 Å². The summed E-state index contributed by atoms with van der Waals surface area (Å²) in [6.45, 7) is 10.9. The van der Waals surface area contributed by atoms with Gasteiger partial charge in [-0.1, -0.05) is 54.1 Å². The maximum absolute atomic E-state index is 13.1. The lowest BCUT2D eigenvalue weighted by molar-refractivity contribution is -0.127. The van der Waals surface area contributed by atoms with E-state index in [0.717, 1.165) is 54.1 Å². The summed E-state index contributed by atoms with van der Waals surface area (Å²) in [6, 6.07) is 30.6. The molecule has 7 nitrogen and oxygen atoms in total. The third-order valence-electron chi connectivity index (χ3n) is 8.93. The lowest BCUT2D eigenvalue weighted by Crippen LogP contribution is -2.47. The van der Waals surface area contributed by atoms with Crippen LogP contribution in [-0.4, -0.2) is 53.5 Å². The van der Waals surface area contributed by atoms with Gasteiger partial charge in [0.1, 0.15) is 29.7 Å². The minimum Gasteiger partial charge on any atom is -0.493 e. The summed E-state index contributed by atoms with van der Waals surface area (Å²) in [5.74, 6) is 2.34. The molecule has 1 fully saturated rings. The van der Waals surface area contributed by atoms with Crippen molar-refractivity contribution in [1.29, 1.82) is 0 Å². The number of hydrogen-bond acceptors (Lipinski definition) is 6. The fourth-order valence-corrected chi connectivity index (χ4v) is 6.00. The summed E-state index contributed by atoms with van der Waals surface area (Å²) < 4.78 is 30.8. The Morgan fingerprint density at radius 3 is 2.08 bits per heavy atom. The van der Waals surface area contributed by atoms with Crippen LogP contribution in [0.25, 0.3) is 6.08 Å². The third-order valence-corrected chi connectivity index (χ3v) is 8.93. The van der Waals surface area contributed by atoms with Crippen molar-refractivity contribution in [2.45, 2.75) is 40.3 Å². The summed E-state index contributed by atoms with van der Waals surface area (Å²) >= 11 is 0. The van der Waals surface area contributed by atoms with Gasteiger partial charge in [0, 0.05) is 51.3 Å². The highest BCUT2D eigenvalue weighted by molar-refractivity contribution is 5.92. The molecule has 0 atom stereocenters. The molecule has 262 valence electrons. The first-order valence-electron chi connectivity index (χ1n) is 17.4. The van der Waals surface area contributed by atoms with Crippen molar-refractivity contribution in [3.05, 3.63) is 154 Å². The Bertz CT molecular complexity index is 1890. The van der Waals surface area contributed by atoms with Crippen molar-refractivity contribution in [3.8, 4) is 23.1 Å². The molecule has 1 aliphatic rings. The van der Waals surface area contributed by atoms with E-state index in [9.17, 15) is 9.18 Å². The van der Waals surface area contributed by atoms with E-state index in [1.807, 2.05) is 49.1 Å². The summed E-state index contributed by atoms with van der Waals surface area (Å²) in [6.07, 6.45) is 6.00. The minimum atomic E-state index is -0.268. The highest BCUT2D eigenvalue weighted by atomic mass is 19.1. The molecule has 0 N–H and O–H groups in total. The van der Waals surface area contributed by atoms with Crippen molar-refractivity contribution in [3.63, 3.8) is 0 Å². The maximum atomic E-state index is 13.1. The molecule has 1 saturated heterocycles. The number of benzene rings is 4. The van der Waals surface area contributed by atoms with E-state index in [4.69, 9.17) is 14.2 Å². The minimum absolute atomic E-state index is 0.0198. The van der Waals surface area contributed by atoms with Crippen molar-refractivity contribution in [1.82, 2.24) is 14.8 Å². The molecule has 51 heavy (non-hydrogen) atoms. The Kier molecular flexibility index (Phi) is 11.8. The van der Waals surface area contributed by atoms with E-state index in [2.05, 4.69) is 65.3 Å². The van der Waals surface area contributed by atoms with E-state index in [0.29, 0.717) is 43.7 Å². The van der Waals surface area contributed by atoms with Gasteiger partial charge in [-0.3, -0.25) is 9.69 Å². The number of pyridine rings is 1. The van der Waals surface area contributed by atoms with E-state index >= 15 is 0 Å². The Morgan fingerprint density at radius 1 is 0.765 bits per heavy atom. The number of halogens is 1. The number of aryl methyl sites for hydroxylation is 3. The van der Waals surface area contributed by atoms with Crippen LogP contribution >= 0.6 is 0 Å². The van der Waals surface area contributed by atoms with E-state index in [1.54, 1.807) is 24.4 Å². The van der Waals surface area contributed by atoms with Gasteiger partial charge in [0.15, 0.2) is 0 Å². The fraction of sp³-hybridized carbons (Fsp3) is 0.256. The molecule has 6 rings (SSSR count). The van der Waals surface area contributed by atoms with Gasteiger partial charge < -0.3 is 19.1 Å². The van der Waals surface area contributed by atoms with Crippen molar-refractivity contribution >= 4 is 12.0 Å². The normalized spacial score (nSPS) is 13.4. The summed E-state index contributed by atoms with van der Waals surface area (Å²) in [7, 11) is 0. The molecule has 4 aromatic carbocycles. The first kappa shape index (κ1) is 35.4. The largest absolute Gasteiger partial charge is 0.493 e. The quantitative estimate of drug-likeness (QED) is 0.116. The van der Waals surface area contributed by atoms with Crippen LogP contribution in [-0.2, 0) is 24.4 Å². The molecule has 2 heterocycles. The number of amides is 1. The van der Waals surface area contributed by atoms with Crippen LogP contribution in [0.3, 0.4) is 0 Å². The highest BCUT2D eigenvalue weighted by Gasteiger charge is 2.20. The van der Waals surface area contributed by atoms with Crippen LogP contribution in [0.1, 0.15) is 38.9 Å². The average Bonchev–Trinajstić information content (AvgIpc) is 3.14. The molecule has 5 aromatic rings. The van der Waals surface area contributed by atoms with Gasteiger partial charge in [0.05, 0.1) is 12.8 Å². The van der Waals surface area contributed by atoms with Gasteiger partial charge in [0.25, 0.3) is 0 Å². The van der Waals surface area contributed by atoms with Crippen LogP contribution in [0.15, 0.2) is 109 Å². The Morgan fingerprint density at radius 2 is 1.41 bits per heavy atom. The van der Waals surface area contributed by atoms with Gasteiger partial charge in [-0.2, -0.15) is 0 Å². The zero-order chi connectivity index (χ0) is 35.6. The summed E-state index contributed by atoms with van der Waals surface area (Å²) in [5.41, 5.74) is 7.63. The molecule has 0 spiro atoms. The van der Waals surface area contributed by atoms with Crippen LogP contribution in [0.5, 0.6) is 23.1 Å². The van der Waals surface area contributed by atoms with Crippen LogP contribution in [0.2, 0.25) is 0 Å². The number of rotatable bonds is 13. The number of ether oxygens (including phenoxy) is 3. The molecule has 0 radical (unpaired) electrons. The molecule has 0 unspecified atom stereocenters. The number of aromatic nitrogens is 1. The number of nitrogens with zero attached hydrogens (tertiary/aromatic N) is 3. The SMILES string of the molecule is Cc1ccc(COc2ccc(Oc3c(C)cc(C=CC(=O)N4CCN(Cc5ccc(CCOc6ccc(F)cc6)cc5)CC4)cc3C)nc2)cc1. The predicted molar refractivity (Wildman–Crippen MR) is 199 cm³/mol. The second kappa shape index (κ2) is 17.0. The zero-order valence-electron chi connectivity index (χ0n) is 29.5. The van der Waals surface area contributed by atoms with Gasteiger partial charge in [-0.05, 0) is 103 Å². The molecule has 0 aliphatic carbocycles. The average molecular weight is 686 g/mol. The second-order valence-electron chi connectivity index (χ2n) is 13.0. The molecule has 0 saturated carbocycles. The Balaban J connectivity index is 0.931. The molecular weight excluding hydrogens is 641 g/mol. The lowest BCUT2D eigenvalue weighted by Gasteiger charge is -2.34. The van der Waals surface area contributed by atoms with E-state index < -0.39 is 0 Å². The van der Waals surface area contributed by atoms with Crippen molar-refractivity contribution in [2.75, 3.05) is 32.8 Å².